The Balaban J connectivity index is 2.14. The van der Waals surface area contributed by atoms with E-state index in [1.807, 2.05) is 30.3 Å². The first-order valence-corrected chi connectivity index (χ1v) is 8.71. The molecule has 0 unspecified atom stereocenters. The highest BCUT2D eigenvalue weighted by molar-refractivity contribution is 9.10. The van der Waals surface area contributed by atoms with Crippen LogP contribution in [-0.4, -0.2) is 26.2 Å². The van der Waals surface area contributed by atoms with E-state index in [1.54, 1.807) is 12.1 Å². The molecule has 0 radical (unpaired) electrons. The van der Waals surface area contributed by atoms with Gasteiger partial charge in [0.25, 0.3) is 0 Å². The minimum Gasteiger partial charge on any atom is -0.395 e. The molecule has 0 aliphatic heterocycles. The van der Waals surface area contributed by atoms with Gasteiger partial charge in [-0.3, -0.25) is 0 Å². The number of hydrogen-bond donors (Lipinski definition) is 2. The van der Waals surface area contributed by atoms with E-state index in [4.69, 9.17) is 0 Å². The molecule has 1 atom stereocenters. The van der Waals surface area contributed by atoms with E-state index in [2.05, 4.69) is 20.7 Å². The Morgan fingerprint density at radius 3 is 2.43 bits per heavy atom. The predicted molar refractivity (Wildman–Crippen MR) is 85.5 cm³/mol. The molecule has 2 aromatic carbocycles. The lowest BCUT2D eigenvalue weighted by Crippen LogP contribution is -2.39. The second kappa shape index (κ2) is 7.17. The van der Waals surface area contributed by atoms with Crippen LogP contribution >= 0.6 is 15.9 Å². The van der Waals surface area contributed by atoms with Gasteiger partial charge < -0.3 is 5.11 Å². The third-order valence-corrected chi connectivity index (χ3v) is 4.98. The van der Waals surface area contributed by atoms with Crippen LogP contribution in [0.1, 0.15) is 5.56 Å². The molecule has 0 saturated carbocycles. The summed E-state index contributed by atoms with van der Waals surface area (Å²) in [4.78, 5) is 0.170. The highest BCUT2D eigenvalue weighted by Crippen LogP contribution is 2.16. The summed E-state index contributed by atoms with van der Waals surface area (Å²) in [6, 6.07) is 15.4. The maximum Gasteiger partial charge on any atom is 0.240 e. The van der Waals surface area contributed by atoms with Crippen molar-refractivity contribution in [2.45, 2.75) is 17.4 Å². The number of hydrogen-bond acceptors (Lipinski definition) is 3. The largest absolute Gasteiger partial charge is 0.395 e. The summed E-state index contributed by atoms with van der Waals surface area (Å²) in [6.45, 7) is -0.262. The first-order chi connectivity index (χ1) is 10.0. The van der Waals surface area contributed by atoms with Gasteiger partial charge in [0, 0.05) is 10.5 Å². The molecular weight excluding hydrogens is 354 g/mol. The molecule has 0 heterocycles. The van der Waals surface area contributed by atoms with Crippen LogP contribution in [0.4, 0.5) is 0 Å². The lowest BCUT2D eigenvalue weighted by atomic mass is 10.1. The normalized spacial score (nSPS) is 13.0. The van der Waals surface area contributed by atoms with E-state index in [9.17, 15) is 13.5 Å². The van der Waals surface area contributed by atoms with Crippen molar-refractivity contribution in [1.82, 2.24) is 4.72 Å². The number of rotatable bonds is 6. The third kappa shape index (κ3) is 4.64. The molecule has 0 aromatic heterocycles. The third-order valence-electron chi connectivity index (χ3n) is 2.97. The Morgan fingerprint density at radius 1 is 1.10 bits per heavy atom. The van der Waals surface area contributed by atoms with Crippen LogP contribution in [0.25, 0.3) is 0 Å². The number of benzene rings is 2. The van der Waals surface area contributed by atoms with Crippen molar-refractivity contribution in [3.05, 3.63) is 64.6 Å². The van der Waals surface area contributed by atoms with Crippen molar-refractivity contribution in [2.75, 3.05) is 6.61 Å². The Hall–Kier alpha value is -1.21. The Labute approximate surface area is 133 Å². The van der Waals surface area contributed by atoms with Crippen molar-refractivity contribution >= 4 is 26.0 Å². The van der Waals surface area contributed by atoms with Gasteiger partial charge >= 0.3 is 0 Å². The Kier molecular flexibility index (Phi) is 5.52. The number of nitrogens with one attached hydrogen (secondary N) is 1. The summed E-state index contributed by atoms with van der Waals surface area (Å²) < 4.78 is 27.8. The average Bonchev–Trinajstić information content (AvgIpc) is 2.47. The van der Waals surface area contributed by atoms with Crippen LogP contribution < -0.4 is 4.72 Å². The lowest BCUT2D eigenvalue weighted by Gasteiger charge is -2.16. The van der Waals surface area contributed by atoms with Crippen LogP contribution in [-0.2, 0) is 16.4 Å². The fraction of sp³-hybridized carbons (Fsp3) is 0.200. The molecule has 4 nitrogen and oxygen atoms in total. The standard InChI is InChI=1S/C15H16BrNO3S/c16-13-7-4-8-15(10-13)21(19,20)17-14(11-18)9-12-5-2-1-3-6-12/h1-8,10,14,17-18H,9,11H2/t14-/m0/s1. The maximum absolute atomic E-state index is 12.3. The van der Waals surface area contributed by atoms with Crippen LogP contribution in [0, 0.1) is 0 Å². The van der Waals surface area contributed by atoms with Crippen LogP contribution in [0.2, 0.25) is 0 Å². The van der Waals surface area contributed by atoms with Crippen molar-refractivity contribution in [3.8, 4) is 0 Å². The van der Waals surface area contributed by atoms with E-state index in [0.717, 1.165) is 5.56 Å². The van der Waals surface area contributed by atoms with Gasteiger partial charge in [0.1, 0.15) is 0 Å². The minimum atomic E-state index is -3.65. The van der Waals surface area contributed by atoms with Gasteiger partial charge in [0.2, 0.25) is 10.0 Å². The molecule has 21 heavy (non-hydrogen) atoms. The number of aliphatic hydroxyl groups excluding tert-OH is 1. The van der Waals surface area contributed by atoms with Crippen LogP contribution in [0.15, 0.2) is 64.0 Å². The van der Waals surface area contributed by atoms with Gasteiger partial charge in [0.15, 0.2) is 0 Å². The van der Waals surface area contributed by atoms with Crippen molar-refractivity contribution < 1.29 is 13.5 Å². The monoisotopic (exact) mass is 369 g/mol. The Bertz CT molecular complexity index is 689. The molecule has 2 N–H and O–H groups in total. The quantitative estimate of drug-likeness (QED) is 0.820. The van der Waals surface area contributed by atoms with E-state index < -0.39 is 16.1 Å². The van der Waals surface area contributed by atoms with E-state index >= 15 is 0 Å². The lowest BCUT2D eigenvalue weighted by molar-refractivity contribution is 0.256. The molecule has 0 fully saturated rings. The Morgan fingerprint density at radius 2 is 1.81 bits per heavy atom. The molecule has 6 heteroatoms. The summed E-state index contributed by atoms with van der Waals surface area (Å²) in [5.41, 5.74) is 0.966. The number of sulfonamides is 1. The number of halogens is 1. The van der Waals surface area contributed by atoms with Gasteiger partial charge in [-0.2, -0.15) is 0 Å². The van der Waals surface area contributed by atoms with Crippen LogP contribution in [0.3, 0.4) is 0 Å². The SMILES string of the molecule is O=S(=O)(N[C@H](CO)Cc1ccccc1)c1cccc(Br)c1. The molecule has 0 saturated heterocycles. The molecule has 112 valence electrons. The zero-order valence-electron chi connectivity index (χ0n) is 11.2. The molecule has 0 amide bonds. The average molecular weight is 370 g/mol. The zero-order valence-corrected chi connectivity index (χ0v) is 13.6. The van der Waals surface area contributed by atoms with E-state index in [1.165, 1.54) is 12.1 Å². The highest BCUT2D eigenvalue weighted by Gasteiger charge is 2.20. The van der Waals surface area contributed by atoms with Gasteiger partial charge in [-0.25, -0.2) is 13.1 Å². The maximum atomic E-state index is 12.3. The summed E-state index contributed by atoms with van der Waals surface area (Å²) in [5.74, 6) is 0. The second-order valence-corrected chi connectivity index (χ2v) is 7.28. The van der Waals surface area contributed by atoms with Gasteiger partial charge in [-0.1, -0.05) is 52.3 Å². The van der Waals surface area contributed by atoms with Crippen LogP contribution in [0.5, 0.6) is 0 Å². The topological polar surface area (TPSA) is 66.4 Å². The molecule has 0 spiro atoms. The molecule has 0 bridgehead atoms. The summed E-state index contributed by atoms with van der Waals surface area (Å²) in [7, 11) is -3.65. The molecule has 2 rings (SSSR count). The van der Waals surface area contributed by atoms with E-state index in [0.29, 0.717) is 10.9 Å². The van der Waals surface area contributed by atoms with Gasteiger partial charge in [-0.15, -0.1) is 0 Å². The van der Waals surface area contributed by atoms with Crippen molar-refractivity contribution in [3.63, 3.8) is 0 Å². The summed E-state index contributed by atoms with van der Waals surface area (Å²) in [5, 5.41) is 9.42. The first-order valence-electron chi connectivity index (χ1n) is 6.44. The first kappa shape index (κ1) is 16.2. The summed E-state index contributed by atoms with van der Waals surface area (Å²) in [6.07, 6.45) is 0.435. The molecule has 0 aliphatic rings. The molecule has 2 aromatic rings. The highest BCUT2D eigenvalue weighted by atomic mass is 79.9. The van der Waals surface area contributed by atoms with Gasteiger partial charge in [0.05, 0.1) is 11.5 Å². The zero-order chi connectivity index (χ0) is 15.3. The minimum absolute atomic E-state index is 0.170. The second-order valence-electron chi connectivity index (χ2n) is 4.65. The molecular formula is C15H16BrNO3S. The van der Waals surface area contributed by atoms with Gasteiger partial charge in [-0.05, 0) is 30.2 Å². The van der Waals surface area contributed by atoms with E-state index in [-0.39, 0.29) is 11.5 Å². The van der Waals surface area contributed by atoms with Crippen molar-refractivity contribution in [2.24, 2.45) is 0 Å². The predicted octanol–water partition coefficient (Wildman–Crippen LogP) is 2.33. The van der Waals surface area contributed by atoms with Crippen molar-refractivity contribution in [1.29, 1.82) is 0 Å². The smallest absolute Gasteiger partial charge is 0.240 e. The fourth-order valence-electron chi connectivity index (χ4n) is 1.96. The molecule has 0 aliphatic carbocycles. The fourth-order valence-corrected chi connectivity index (χ4v) is 3.79. The summed E-state index contributed by atoms with van der Waals surface area (Å²) >= 11 is 3.25. The number of aliphatic hydroxyl groups is 1.